The second kappa shape index (κ2) is 5.00. The van der Waals surface area contributed by atoms with Crippen LogP contribution in [0, 0.1) is 0 Å². The first-order valence-electron chi connectivity index (χ1n) is 6.79. The van der Waals surface area contributed by atoms with E-state index in [1.165, 1.54) is 0 Å². The molecule has 0 bridgehead atoms. The molecule has 20 heavy (non-hydrogen) atoms. The Morgan fingerprint density at radius 3 is 2.80 bits per heavy atom. The third kappa shape index (κ3) is 2.15. The number of hydrogen-bond acceptors (Lipinski definition) is 2. The van der Waals surface area contributed by atoms with E-state index in [4.69, 9.17) is 5.73 Å². The van der Waals surface area contributed by atoms with Crippen LogP contribution in [-0.2, 0) is 13.6 Å². The van der Waals surface area contributed by atoms with E-state index in [-0.39, 0.29) is 5.56 Å². The van der Waals surface area contributed by atoms with Crippen LogP contribution in [0.15, 0.2) is 40.1 Å². The maximum atomic E-state index is 12.3. The molecule has 3 rings (SSSR count). The fourth-order valence-electron chi connectivity index (χ4n) is 2.41. The first-order valence-corrected chi connectivity index (χ1v) is 6.79. The third-order valence-corrected chi connectivity index (χ3v) is 3.80. The molecule has 0 amide bonds. The molecule has 0 spiro atoms. The average Bonchev–Trinajstić information content (AvgIpc) is 2.39. The van der Waals surface area contributed by atoms with E-state index in [0.29, 0.717) is 18.1 Å². The lowest BCUT2D eigenvalue weighted by Crippen LogP contribution is -2.46. The zero-order valence-electron chi connectivity index (χ0n) is 11.5. The number of fused-ring (bicyclic) bond motifs is 1. The van der Waals surface area contributed by atoms with Crippen molar-refractivity contribution >= 4 is 16.9 Å². The van der Waals surface area contributed by atoms with Gasteiger partial charge in [0.05, 0.1) is 12.1 Å². The zero-order chi connectivity index (χ0) is 14.1. The Hall–Kier alpha value is -2.30. The number of guanidine groups is 1. The summed E-state index contributed by atoms with van der Waals surface area (Å²) < 4.78 is 1.67. The molecule has 104 valence electrons. The largest absolute Gasteiger partial charge is 0.370 e. The molecule has 2 N–H and O–H groups in total. The van der Waals surface area contributed by atoms with Crippen molar-refractivity contribution in [3.63, 3.8) is 0 Å². The van der Waals surface area contributed by atoms with E-state index in [2.05, 4.69) is 4.99 Å². The number of aromatic nitrogens is 1. The summed E-state index contributed by atoms with van der Waals surface area (Å²) in [6, 6.07) is 9.75. The number of rotatable bonds is 2. The highest BCUT2D eigenvalue weighted by molar-refractivity contribution is 5.80. The molecule has 1 aromatic carbocycles. The average molecular weight is 270 g/mol. The van der Waals surface area contributed by atoms with Crippen molar-refractivity contribution in [2.24, 2.45) is 17.8 Å². The fraction of sp³-hybridized carbons (Fsp3) is 0.333. The number of aliphatic imine (C=N–C) groups is 1. The van der Waals surface area contributed by atoms with Crippen molar-refractivity contribution in [3.8, 4) is 0 Å². The lowest BCUT2D eigenvalue weighted by Gasteiger charge is -2.31. The van der Waals surface area contributed by atoms with Gasteiger partial charge in [-0.3, -0.25) is 4.79 Å². The topological polar surface area (TPSA) is 63.6 Å². The first kappa shape index (κ1) is 12.7. The minimum atomic E-state index is -0.0103. The number of para-hydroxylation sites is 1. The highest BCUT2D eigenvalue weighted by Crippen LogP contribution is 2.13. The molecule has 1 saturated heterocycles. The summed E-state index contributed by atoms with van der Waals surface area (Å²) in [5.74, 6) is 0.534. The van der Waals surface area contributed by atoms with Crippen LogP contribution in [0.25, 0.3) is 10.9 Å². The molecule has 0 atom stereocenters. The number of hydrogen-bond donors (Lipinski definition) is 1. The molecule has 1 aromatic heterocycles. The molecule has 2 aromatic rings. The van der Waals surface area contributed by atoms with E-state index in [1.807, 2.05) is 35.2 Å². The van der Waals surface area contributed by atoms with Crippen LogP contribution in [0.4, 0.5) is 0 Å². The molecule has 2 heterocycles. The van der Waals surface area contributed by atoms with E-state index < -0.39 is 0 Å². The second-order valence-electron chi connectivity index (χ2n) is 5.11. The Balaban J connectivity index is 1.95. The van der Waals surface area contributed by atoms with Gasteiger partial charge in [-0.2, -0.15) is 0 Å². The molecule has 1 fully saturated rings. The summed E-state index contributed by atoms with van der Waals surface area (Å²) in [5, 5.41) is 1.04. The van der Waals surface area contributed by atoms with Crippen molar-refractivity contribution in [1.82, 2.24) is 9.47 Å². The Bertz CT molecular complexity index is 728. The van der Waals surface area contributed by atoms with Crippen LogP contribution in [0.2, 0.25) is 0 Å². The molecular weight excluding hydrogens is 252 g/mol. The minimum Gasteiger partial charge on any atom is -0.370 e. The molecule has 1 aliphatic heterocycles. The maximum absolute atomic E-state index is 12.3. The highest BCUT2D eigenvalue weighted by atomic mass is 16.1. The molecule has 0 radical (unpaired) electrons. The van der Waals surface area contributed by atoms with Crippen LogP contribution in [-0.4, -0.2) is 28.5 Å². The zero-order valence-corrected chi connectivity index (χ0v) is 11.5. The SMILES string of the molecule is Cn1c(=O)c(CN=C(N)N2CCC2)cc2ccccc21. The summed E-state index contributed by atoms with van der Waals surface area (Å²) in [6.07, 6.45) is 1.16. The quantitative estimate of drug-likeness (QED) is 0.655. The lowest BCUT2D eigenvalue weighted by molar-refractivity contribution is 0.295. The Kier molecular flexibility index (Phi) is 3.18. The molecule has 0 saturated carbocycles. The molecular formula is C15H18N4O. The molecule has 0 unspecified atom stereocenters. The standard InChI is InChI=1S/C15H18N4O/c1-18-13-6-3-2-5-11(13)9-12(14(18)20)10-17-15(16)19-7-4-8-19/h2-3,5-6,9H,4,7-8,10H2,1H3,(H2,16,17). The minimum absolute atomic E-state index is 0.0103. The van der Waals surface area contributed by atoms with Gasteiger partial charge in [0.15, 0.2) is 5.96 Å². The summed E-state index contributed by atoms with van der Waals surface area (Å²) in [5.41, 5.74) is 7.49. The molecule has 5 heteroatoms. The van der Waals surface area contributed by atoms with Gasteiger partial charge in [-0.25, -0.2) is 4.99 Å². The predicted molar refractivity (Wildman–Crippen MR) is 80.7 cm³/mol. The summed E-state index contributed by atoms with van der Waals surface area (Å²) >= 11 is 0. The van der Waals surface area contributed by atoms with Crippen molar-refractivity contribution in [3.05, 3.63) is 46.2 Å². The van der Waals surface area contributed by atoms with E-state index in [1.54, 1.807) is 11.6 Å². The number of nitrogens with two attached hydrogens (primary N) is 1. The van der Waals surface area contributed by atoms with Gasteiger partial charge in [0.2, 0.25) is 0 Å². The highest BCUT2D eigenvalue weighted by Gasteiger charge is 2.15. The van der Waals surface area contributed by atoms with Crippen molar-refractivity contribution in [1.29, 1.82) is 0 Å². The van der Waals surface area contributed by atoms with Gasteiger partial charge >= 0.3 is 0 Å². The van der Waals surface area contributed by atoms with E-state index >= 15 is 0 Å². The van der Waals surface area contributed by atoms with E-state index in [9.17, 15) is 4.79 Å². The van der Waals surface area contributed by atoms with Crippen molar-refractivity contribution in [2.75, 3.05) is 13.1 Å². The lowest BCUT2D eigenvalue weighted by atomic mass is 10.1. The summed E-state index contributed by atoms with van der Waals surface area (Å²) in [4.78, 5) is 18.6. The fourth-order valence-corrected chi connectivity index (χ4v) is 2.41. The van der Waals surface area contributed by atoms with Crippen molar-refractivity contribution < 1.29 is 0 Å². The summed E-state index contributed by atoms with van der Waals surface area (Å²) in [7, 11) is 1.79. The van der Waals surface area contributed by atoms with E-state index in [0.717, 1.165) is 30.4 Å². The summed E-state index contributed by atoms with van der Waals surface area (Å²) in [6.45, 7) is 2.26. The monoisotopic (exact) mass is 270 g/mol. The van der Waals surface area contributed by atoms with Crippen LogP contribution < -0.4 is 11.3 Å². The van der Waals surface area contributed by atoms with Crippen molar-refractivity contribution in [2.45, 2.75) is 13.0 Å². The van der Waals surface area contributed by atoms with Gasteiger partial charge in [-0.1, -0.05) is 18.2 Å². The molecule has 0 aliphatic carbocycles. The number of likely N-dealkylation sites (tertiary alicyclic amines) is 1. The van der Waals surface area contributed by atoms with Crippen LogP contribution in [0.3, 0.4) is 0 Å². The van der Waals surface area contributed by atoms with Crippen LogP contribution >= 0.6 is 0 Å². The second-order valence-corrected chi connectivity index (χ2v) is 5.11. The van der Waals surface area contributed by atoms with Gasteiger partial charge in [0, 0.05) is 25.7 Å². The third-order valence-electron chi connectivity index (χ3n) is 3.80. The Morgan fingerprint density at radius 2 is 2.10 bits per heavy atom. The Morgan fingerprint density at radius 1 is 1.35 bits per heavy atom. The predicted octanol–water partition coefficient (Wildman–Crippen LogP) is 1.06. The van der Waals surface area contributed by atoms with Gasteiger partial charge in [0.25, 0.3) is 5.56 Å². The number of aryl methyl sites for hydroxylation is 1. The smallest absolute Gasteiger partial charge is 0.255 e. The molecule has 5 nitrogen and oxygen atoms in total. The number of nitrogens with zero attached hydrogens (tertiary/aromatic N) is 3. The first-order chi connectivity index (χ1) is 9.66. The normalized spacial score (nSPS) is 15.4. The molecule has 1 aliphatic rings. The van der Waals surface area contributed by atoms with Gasteiger partial charge in [-0.15, -0.1) is 0 Å². The van der Waals surface area contributed by atoms with Crippen LogP contribution in [0.1, 0.15) is 12.0 Å². The number of benzene rings is 1. The van der Waals surface area contributed by atoms with Crippen LogP contribution in [0.5, 0.6) is 0 Å². The maximum Gasteiger partial charge on any atom is 0.255 e. The Labute approximate surface area is 117 Å². The van der Waals surface area contributed by atoms with Gasteiger partial charge in [-0.05, 0) is 23.9 Å². The van der Waals surface area contributed by atoms with Gasteiger partial charge < -0.3 is 15.2 Å². The number of pyridine rings is 1. The van der Waals surface area contributed by atoms with Gasteiger partial charge in [0.1, 0.15) is 0 Å².